The number of aromatic nitrogens is 2. The molecule has 0 amide bonds. The maximum atomic E-state index is 4.70. The maximum absolute atomic E-state index is 4.70. The summed E-state index contributed by atoms with van der Waals surface area (Å²) in [6.07, 6.45) is 9.91. The monoisotopic (exact) mass is 245 g/mol. The summed E-state index contributed by atoms with van der Waals surface area (Å²) in [5.41, 5.74) is 1.15. The Hall–Kier alpha value is -0.960. The van der Waals surface area contributed by atoms with Crippen LogP contribution in [0.3, 0.4) is 0 Å². The molecule has 1 saturated carbocycles. The van der Waals surface area contributed by atoms with E-state index in [2.05, 4.69) is 23.7 Å². The topological polar surface area (TPSA) is 29.0 Å². The quantitative estimate of drug-likeness (QED) is 0.802. The van der Waals surface area contributed by atoms with Crippen molar-refractivity contribution in [2.24, 2.45) is 0 Å². The number of rotatable bonds is 2. The lowest BCUT2D eigenvalue weighted by atomic mass is 9.95. The summed E-state index contributed by atoms with van der Waals surface area (Å²) in [5.74, 6) is 1.03. The van der Waals surface area contributed by atoms with E-state index in [4.69, 9.17) is 4.98 Å². The highest BCUT2D eigenvalue weighted by molar-refractivity contribution is 5.12. The highest BCUT2D eigenvalue weighted by Gasteiger charge is 2.44. The molecule has 3 rings (SSSR count). The SMILES string of the molecule is Cc1ccnc(C2(C)CCCN2C2CCCC2)n1. The lowest BCUT2D eigenvalue weighted by Crippen LogP contribution is -2.45. The molecule has 98 valence electrons. The Morgan fingerprint density at radius 3 is 2.78 bits per heavy atom. The van der Waals surface area contributed by atoms with Crippen LogP contribution in [0.15, 0.2) is 12.3 Å². The van der Waals surface area contributed by atoms with E-state index < -0.39 is 0 Å². The molecule has 0 aromatic carbocycles. The van der Waals surface area contributed by atoms with Crippen molar-refractivity contribution in [2.45, 2.75) is 64.0 Å². The lowest BCUT2D eigenvalue weighted by Gasteiger charge is -2.38. The molecule has 0 N–H and O–H groups in total. The molecular weight excluding hydrogens is 222 g/mol. The van der Waals surface area contributed by atoms with E-state index in [1.807, 2.05) is 12.3 Å². The minimum absolute atomic E-state index is 0.0705. The van der Waals surface area contributed by atoms with Crippen molar-refractivity contribution < 1.29 is 0 Å². The van der Waals surface area contributed by atoms with Crippen LogP contribution in [0.2, 0.25) is 0 Å². The van der Waals surface area contributed by atoms with Gasteiger partial charge in [0, 0.05) is 17.9 Å². The third-order valence-corrected chi connectivity index (χ3v) is 4.74. The Morgan fingerprint density at radius 1 is 1.28 bits per heavy atom. The van der Waals surface area contributed by atoms with E-state index in [0.29, 0.717) is 0 Å². The smallest absolute Gasteiger partial charge is 0.148 e. The minimum atomic E-state index is 0.0705. The van der Waals surface area contributed by atoms with Crippen molar-refractivity contribution in [1.82, 2.24) is 14.9 Å². The molecule has 0 radical (unpaired) electrons. The molecule has 1 unspecified atom stereocenters. The average Bonchev–Trinajstić information content (AvgIpc) is 2.98. The van der Waals surface area contributed by atoms with Gasteiger partial charge < -0.3 is 0 Å². The first kappa shape index (κ1) is 12.1. The van der Waals surface area contributed by atoms with E-state index in [-0.39, 0.29) is 5.54 Å². The van der Waals surface area contributed by atoms with E-state index >= 15 is 0 Å². The number of nitrogens with zero attached hydrogens (tertiary/aromatic N) is 3. The van der Waals surface area contributed by atoms with Gasteiger partial charge in [0.2, 0.25) is 0 Å². The molecule has 2 heterocycles. The fourth-order valence-corrected chi connectivity index (χ4v) is 3.73. The van der Waals surface area contributed by atoms with Gasteiger partial charge in [0.15, 0.2) is 0 Å². The van der Waals surface area contributed by atoms with Gasteiger partial charge >= 0.3 is 0 Å². The minimum Gasteiger partial charge on any atom is -0.288 e. The van der Waals surface area contributed by atoms with E-state index in [1.54, 1.807) is 0 Å². The van der Waals surface area contributed by atoms with Gasteiger partial charge in [-0.15, -0.1) is 0 Å². The largest absolute Gasteiger partial charge is 0.288 e. The van der Waals surface area contributed by atoms with Crippen LogP contribution in [-0.4, -0.2) is 27.5 Å². The van der Waals surface area contributed by atoms with Gasteiger partial charge in [0.1, 0.15) is 5.82 Å². The van der Waals surface area contributed by atoms with Crippen molar-refractivity contribution in [3.05, 3.63) is 23.8 Å². The van der Waals surface area contributed by atoms with E-state index in [0.717, 1.165) is 17.6 Å². The van der Waals surface area contributed by atoms with E-state index in [1.165, 1.54) is 45.1 Å². The van der Waals surface area contributed by atoms with Crippen molar-refractivity contribution in [3.8, 4) is 0 Å². The molecule has 0 spiro atoms. The molecule has 1 aromatic heterocycles. The molecule has 1 atom stereocenters. The second kappa shape index (κ2) is 4.61. The number of hydrogen-bond donors (Lipinski definition) is 0. The summed E-state index contributed by atoms with van der Waals surface area (Å²) in [6.45, 7) is 5.62. The highest BCUT2D eigenvalue weighted by atomic mass is 15.3. The lowest BCUT2D eigenvalue weighted by molar-refractivity contribution is 0.0935. The Bertz CT molecular complexity index is 426. The van der Waals surface area contributed by atoms with Gasteiger partial charge in [-0.3, -0.25) is 4.90 Å². The Kier molecular flexibility index (Phi) is 3.10. The van der Waals surface area contributed by atoms with Crippen LogP contribution in [0.4, 0.5) is 0 Å². The van der Waals surface area contributed by atoms with Crippen LogP contribution in [0.25, 0.3) is 0 Å². The van der Waals surface area contributed by atoms with Crippen LogP contribution < -0.4 is 0 Å². The van der Waals surface area contributed by atoms with Crippen LogP contribution in [-0.2, 0) is 5.54 Å². The van der Waals surface area contributed by atoms with Crippen molar-refractivity contribution in [2.75, 3.05) is 6.54 Å². The summed E-state index contributed by atoms with van der Waals surface area (Å²) in [4.78, 5) is 11.9. The van der Waals surface area contributed by atoms with Gasteiger partial charge in [0.25, 0.3) is 0 Å². The first-order chi connectivity index (χ1) is 8.70. The van der Waals surface area contributed by atoms with Crippen LogP contribution >= 0.6 is 0 Å². The van der Waals surface area contributed by atoms with E-state index in [9.17, 15) is 0 Å². The molecule has 2 aliphatic rings. The fraction of sp³-hybridized carbons (Fsp3) is 0.733. The van der Waals surface area contributed by atoms with Gasteiger partial charge in [-0.05, 0) is 52.1 Å². The Labute approximate surface area is 110 Å². The molecule has 1 saturated heterocycles. The van der Waals surface area contributed by atoms with Gasteiger partial charge in [-0.1, -0.05) is 12.8 Å². The number of hydrogen-bond acceptors (Lipinski definition) is 3. The normalized spacial score (nSPS) is 30.1. The molecule has 1 aromatic rings. The molecule has 0 bridgehead atoms. The van der Waals surface area contributed by atoms with Crippen LogP contribution in [0, 0.1) is 6.92 Å². The van der Waals surface area contributed by atoms with Crippen molar-refractivity contribution in [3.63, 3.8) is 0 Å². The zero-order chi connectivity index (χ0) is 12.6. The van der Waals surface area contributed by atoms with Crippen molar-refractivity contribution in [1.29, 1.82) is 0 Å². The third kappa shape index (κ3) is 1.95. The van der Waals surface area contributed by atoms with Gasteiger partial charge in [-0.25, -0.2) is 9.97 Å². The zero-order valence-electron chi connectivity index (χ0n) is 11.5. The first-order valence-corrected chi connectivity index (χ1v) is 7.27. The third-order valence-electron chi connectivity index (χ3n) is 4.74. The molecule has 3 heteroatoms. The standard InChI is InChI=1S/C15H23N3/c1-12-8-10-16-14(17-12)15(2)9-5-11-18(15)13-6-3-4-7-13/h8,10,13H,3-7,9,11H2,1-2H3. The molecule has 1 aliphatic carbocycles. The summed E-state index contributed by atoms with van der Waals surface area (Å²) < 4.78 is 0. The zero-order valence-corrected chi connectivity index (χ0v) is 11.5. The second-order valence-corrected chi connectivity index (χ2v) is 6.03. The van der Waals surface area contributed by atoms with Crippen LogP contribution in [0.5, 0.6) is 0 Å². The Balaban J connectivity index is 1.91. The fourth-order valence-electron chi connectivity index (χ4n) is 3.73. The predicted molar refractivity (Wildman–Crippen MR) is 72.3 cm³/mol. The Morgan fingerprint density at radius 2 is 2.06 bits per heavy atom. The summed E-state index contributed by atoms with van der Waals surface area (Å²) >= 11 is 0. The number of likely N-dealkylation sites (tertiary alicyclic amines) is 1. The number of aryl methyl sites for hydroxylation is 1. The summed E-state index contributed by atoms with van der Waals surface area (Å²) in [7, 11) is 0. The highest BCUT2D eigenvalue weighted by Crippen LogP contribution is 2.41. The predicted octanol–water partition coefficient (Wildman–Crippen LogP) is 3.04. The van der Waals surface area contributed by atoms with Gasteiger partial charge in [-0.2, -0.15) is 0 Å². The average molecular weight is 245 g/mol. The molecule has 3 nitrogen and oxygen atoms in total. The first-order valence-electron chi connectivity index (χ1n) is 7.27. The molecular formula is C15H23N3. The summed E-state index contributed by atoms with van der Waals surface area (Å²) in [5, 5.41) is 0. The maximum Gasteiger partial charge on any atom is 0.148 e. The van der Waals surface area contributed by atoms with Crippen molar-refractivity contribution >= 4 is 0 Å². The van der Waals surface area contributed by atoms with Crippen LogP contribution in [0.1, 0.15) is 57.0 Å². The van der Waals surface area contributed by atoms with Gasteiger partial charge in [0.05, 0.1) is 5.54 Å². The summed E-state index contributed by atoms with van der Waals surface area (Å²) in [6, 6.07) is 2.75. The second-order valence-electron chi connectivity index (χ2n) is 6.03. The molecule has 1 aliphatic heterocycles. The molecule has 18 heavy (non-hydrogen) atoms. The molecule has 2 fully saturated rings.